The number of fused-ring (bicyclic) bond motifs is 1. The Bertz CT molecular complexity index is 895. The molecule has 3 heterocycles. The fraction of sp³-hybridized carbons (Fsp3) is 0.667. The number of aromatic nitrogens is 2. The number of para-hydroxylation sites is 1. The Morgan fingerprint density at radius 1 is 1.10 bits per heavy atom. The lowest BCUT2D eigenvalue weighted by atomic mass is 10.0. The fourth-order valence-corrected chi connectivity index (χ4v) is 5.54. The highest BCUT2D eigenvalue weighted by atomic mass is 16.5. The third-order valence-electron chi connectivity index (χ3n) is 6.99. The zero-order valence-corrected chi connectivity index (χ0v) is 19.1. The molecule has 170 valence electrons. The summed E-state index contributed by atoms with van der Waals surface area (Å²) in [6.07, 6.45) is 7.81. The molecule has 0 radical (unpaired) electrons. The summed E-state index contributed by atoms with van der Waals surface area (Å²) >= 11 is 0. The summed E-state index contributed by atoms with van der Waals surface area (Å²) in [6.45, 7) is 9.85. The van der Waals surface area contributed by atoms with Gasteiger partial charge in [-0.2, -0.15) is 0 Å². The van der Waals surface area contributed by atoms with Crippen LogP contribution in [0, 0.1) is 0 Å². The van der Waals surface area contributed by atoms with Crippen LogP contribution in [0.15, 0.2) is 18.2 Å². The van der Waals surface area contributed by atoms with Gasteiger partial charge in [0.2, 0.25) is 0 Å². The molecule has 1 amide bonds. The minimum atomic E-state index is -0.795. The number of hydrogen-bond donors (Lipinski definition) is 1. The number of nitrogens with zero attached hydrogens (tertiary/aromatic N) is 4. The van der Waals surface area contributed by atoms with Gasteiger partial charge in [-0.1, -0.05) is 26.3 Å². The second-order valence-corrected chi connectivity index (χ2v) is 8.95. The van der Waals surface area contributed by atoms with E-state index in [4.69, 9.17) is 15.5 Å². The molecule has 7 heteroatoms. The van der Waals surface area contributed by atoms with Crippen LogP contribution in [-0.4, -0.2) is 57.7 Å². The predicted molar refractivity (Wildman–Crippen MR) is 123 cm³/mol. The number of ether oxygens (including phenoxy) is 1. The van der Waals surface area contributed by atoms with Crippen molar-refractivity contribution < 1.29 is 9.53 Å². The average molecular weight is 428 g/mol. The van der Waals surface area contributed by atoms with Crippen molar-refractivity contribution in [1.29, 1.82) is 0 Å². The summed E-state index contributed by atoms with van der Waals surface area (Å²) < 4.78 is 7.68. The molecular weight excluding hydrogens is 390 g/mol. The molecule has 4 rings (SSSR count). The number of hydrogen-bond acceptors (Lipinski definition) is 5. The number of nitrogens with two attached hydrogens (primary N) is 1. The van der Waals surface area contributed by atoms with Gasteiger partial charge in [0.05, 0.1) is 11.6 Å². The highest BCUT2D eigenvalue weighted by Gasteiger charge is 2.31. The van der Waals surface area contributed by atoms with E-state index in [1.54, 1.807) is 6.07 Å². The number of piperidine rings is 1. The smallest absolute Gasteiger partial charge is 0.408 e. The first-order valence-corrected chi connectivity index (χ1v) is 12.1. The standard InChI is InChI=1S/C24H37N5O2/c1-3-13-28-15-8-11-20(28)23-26-22-19(10-7-12-21(22)31-24(25)30)29(23)17-16-27-14-6-5-9-18(27)4-2/h7,10,12,18,20H,3-6,8-9,11,13-17H2,1-2H3,(H2,25,30). The molecule has 0 saturated carbocycles. The van der Waals surface area contributed by atoms with Gasteiger partial charge in [0.15, 0.2) is 5.75 Å². The monoisotopic (exact) mass is 427 g/mol. The third kappa shape index (κ3) is 4.72. The second kappa shape index (κ2) is 10.0. The van der Waals surface area contributed by atoms with Crippen molar-refractivity contribution in [2.75, 3.05) is 26.2 Å². The number of carbonyl (C=O) groups is 1. The van der Waals surface area contributed by atoms with Gasteiger partial charge in [-0.25, -0.2) is 9.78 Å². The van der Waals surface area contributed by atoms with Crippen LogP contribution in [0.5, 0.6) is 5.75 Å². The molecule has 7 nitrogen and oxygen atoms in total. The first kappa shape index (κ1) is 22.1. The molecule has 0 spiro atoms. The lowest BCUT2D eigenvalue weighted by Crippen LogP contribution is -2.41. The highest BCUT2D eigenvalue weighted by Crippen LogP contribution is 2.36. The molecule has 2 aliphatic heterocycles. The second-order valence-electron chi connectivity index (χ2n) is 8.95. The molecule has 2 saturated heterocycles. The van der Waals surface area contributed by atoms with Gasteiger partial charge in [0.25, 0.3) is 0 Å². The van der Waals surface area contributed by atoms with Crippen LogP contribution >= 0.6 is 0 Å². The quantitative estimate of drug-likeness (QED) is 0.679. The number of likely N-dealkylation sites (tertiary alicyclic amines) is 2. The lowest BCUT2D eigenvalue weighted by molar-refractivity contribution is 0.138. The predicted octanol–water partition coefficient (Wildman–Crippen LogP) is 4.31. The van der Waals surface area contributed by atoms with E-state index < -0.39 is 6.09 Å². The zero-order valence-electron chi connectivity index (χ0n) is 19.1. The van der Waals surface area contributed by atoms with Crippen molar-refractivity contribution in [2.24, 2.45) is 5.73 Å². The van der Waals surface area contributed by atoms with Crippen molar-refractivity contribution >= 4 is 17.1 Å². The summed E-state index contributed by atoms with van der Waals surface area (Å²) in [4.78, 5) is 21.7. The lowest BCUT2D eigenvalue weighted by Gasteiger charge is -2.35. The molecule has 0 bridgehead atoms. The van der Waals surface area contributed by atoms with E-state index >= 15 is 0 Å². The van der Waals surface area contributed by atoms with Crippen LogP contribution in [0.4, 0.5) is 4.79 Å². The molecule has 2 fully saturated rings. The number of rotatable bonds is 8. The highest BCUT2D eigenvalue weighted by molar-refractivity contribution is 5.85. The van der Waals surface area contributed by atoms with Crippen LogP contribution in [0.2, 0.25) is 0 Å². The van der Waals surface area contributed by atoms with Gasteiger partial charge in [0.1, 0.15) is 11.3 Å². The van der Waals surface area contributed by atoms with Gasteiger partial charge in [-0.15, -0.1) is 0 Å². The van der Waals surface area contributed by atoms with Crippen molar-refractivity contribution in [1.82, 2.24) is 19.4 Å². The summed E-state index contributed by atoms with van der Waals surface area (Å²) in [5.41, 5.74) is 7.09. The molecule has 31 heavy (non-hydrogen) atoms. The summed E-state index contributed by atoms with van der Waals surface area (Å²) in [5.74, 6) is 1.56. The minimum Gasteiger partial charge on any atom is -0.408 e. The van der Waals surface area contributed by atoms with Gasteiger partial charge < -0.3 is 15.0 Å². The Balaban J connectivity index is 1.69. The average Bonchev–Trinajstić information content (AvgIpc) is 3.37. The van der Waals surface area contributed by atoms with Crippen molar-refractivity contribution in [2.45, 2.75) is 77.4 Å². The number of amides is 1. The molecule has 2 aromatic rings. The maximum absolute atomic E-state index is 11.4. The molecule has 1 aromatic carbocycles. The summed E-state index contributed by atoms with van der Waals surface area (Å²) in [7, 11) is 0. The van der Waals surface area contributed by atoms with Gasteiger partial charge in [0, 0.05) is 19.1 Å². The fourth-order valence-electron chi connectivity index (χ4n) is 5.54. The van der Waals surface area contributed by atoms with Gasteiger partial charge in [-0.05, 0) is 70.3 Å². The molecule has 2 N–H and O–H groups in total. The molecule has 1 aromatic heterocycles. The first-order valence-electron chi connectivity index (χ1n) is 12.1. The zero-order chi connectivity index (χ0) is 21.8. The largest absolute Gasteiger partial charge is 0.410 e. The van der Waals surface area contributed by atoms with E-state index in [0.717, 1.165) is 55.9 Å². The minimum absolute atomic E-state index is 0.317. The van der Waals surface area contributed by atoms with Gasteiger partial charge >= 0.3 is 6.09 Å². The number of imidazole rings is 1. The Labute approximate surface area is 185 Å². The van der Waals surface area contributed by atoms with Crippen molar-refractivity contribution in [3.63, 3.8) is 0 Å². The summed E-state index contributed by atoms with van der Waals surface area (Å²) in [5, 5.41) is 0. The van der Waals surface area contributed by atoms with E-state index in [9.17, 15) is 4.79 Å². The summed E-state index contributed by atoms with van der Waals surface area (Å²) in [6, 6.07) is 6.80. The van der Waals surface area contributed by atoms with Crippen molar-refractivity contribution in [3.8, 4) is 5.75 Å². The Morgan fingerprint density at radius 2 is 1.94 bits per heavy atom. The van der Waals surface area contributed by atoms with Crippen LogP contribution < -0.4 is 10.5 Å². The van der Waals surface area contributed by atoms with E-state index in [0.29, 0.717) is 17.8 Å². The van der Waals surface area contributed by atoms with Gasteiger partial charge in [-0.3, -0.25) is 9.80 Å². The topological polar surface area (TPSA) is 76.6 Å². The maximum atomic E-state index is 11.4. The Hall–Kier alpha value is -2.12. The normalized spacial score (nSPS) is 22.9. The number of primary amides is 1. The van der Waals surface area contributed by atoms with E-state index in [2.05, 4.69) is 34.3 Å². The van der Waals surface area contributed by atoms with E-state index in [-0.39, 0.29) is 0 Å². The van der Waals surface area contributed by atoms with Crippen LogP contribution in [-0.2, 0) is 6.54 Å². The number of benzene rings is 1. The molecular formula is C24H37N5O2. The Kier molecular flexibility index (Phi) is 7.13. The SMILES string of the molecule is CCCN1CCCC1c1nc2c(OC(N)=O)cccc2n1CCN1CCCCC1CC. The van der Waals surface area contributed by atoms with Crippen molar-refractivity contribution in [3.05, 3.63) is 24.0 Å². The van der Waals surface area contributed by atoms with E-state index in [1.807, 2.05) is 6.07 Å². The van der Waals surface area contributed by atoms with Crippen LogP contribution in [0.3, 0.4) is 0 Å². The molecule has 0 aliphatic carbocycles. The third-order valence-corrected chi connectivity index (χ3v) is 6.99. The number of carbonyl (C=O) groups excluding carboxylic acids is 1. The van der Waals surface area contributed by atoms with Crippen LogP contribution in [0.1, 0.15) is 70.7 Å². The molecule has 2 atom stereocenters. The first-order chi connectivity index (χ1) is 15.1. The maximum Gasteiger partial charge on any atom is 0.410 e. The molecule has 2 unspecified atom stereocenters. The Morgan fingerprint density at radius 3 is 2.71 bits per heavy atom. The molecule has 2 aliphatic rings. The van der Waals surface area contributed by atoms with Crippen LogP contribution in [0.25, 0.3) is 11.0 Å². The van der Waals surface area contributed by atoms with E-state index in [1.165, 1.54) is 38.6 Å².